The first-order valence-corrected chi connectivity index (χ1v) is 8.19. The molecule has 26 heavy (non-hydrogen) atoms. The lowest BCUT2D eigenvalue weighted by Crippen LogP contribution is -2.27. The molecule has 0 fully saturated rings. The minimum atomic E-state index is -0.511. The first-order chi connectivity index (χ1) is 12.4. The fraction of sp³-hybridized carbons (Fsp3) is 0.222. The topological polar surface area (TPSA) is 109 Å². The highest BCUT2D eigenvalue weighted by Crippen LogP contribution is 2.29. The van der Waals surface area contributed by atoms with Crippen LogP contribution in [0, 0.1) is 5.41 Å². The molecule has 0 saturated carbocycles. The number of nitrogens with zero attached hydrogens (tertiary/aromatic N) is 3. The van der Waals surface area contributed by atoms with Crippen molar-refractivity contribution in [2.75, 3.05) is 10.6 Å². The number of carbonyl (C=O) groups is 1. The normalized spacial score (nSPS) is 11.8. The van der Waals surface area contributed by atoms with Gasteiger partial charge >= 0.3 is 0 Å². The van der Waals surface area contributed by atoms with Crippen molar-refractivity contribution >= 4 is 45.2 Å². The van der Waals surface area contributed by atoms with Gasteiger partial charge in [-0.25, -0.2) is 4.98 Å². The molecule has 0 saturated heterocycles. The van der Waals surface area contributed by atoms with Crippen molar-refractivity contribution in [3.63, 3.8) is 0 Å². The van der Waals surface area contributed by atoms with Gasteiger partial charge in [-0.2, -0.15) is 5.10 Å². The summed E-state index contributed by atoms with van der Waals surface area (Å²) in [5, 5.41) is 18.8. The Balaban J connectivity index is 1.62. The van der Waals surface area contributed by atoms with Crippen LogP contribution in [0.1, 0.15) is 20.8 Å². The quantitative estimate of drug-likeness (QED) is 0.518. The van der Waals surface area contributed by atoms with Gasteiger partial charge in [-0.15, -0.1) is 0 Å². The molecule has 0 aliphatic rings. The Morgan fingerprint density at radius 1 is 1.19 bits per heavy atom. The van der Waals surface area contributed by atoms with E-state index < -0.39 is 5.41 Å². The van der Waals surface area contributed by atoms with Crippen LogP contribution in [0.4, 0.5) is 17.3 Å². The van der Waals surface area contributed by atoms with Gasteiger partial charge in [0, 0.05) is 23.4 Å². The second-order valence-corrected chi connectivity index (χ2v) is 7.04. The molecule has 0 unspecified atom stereocenters. The zero-order valence-electron chi connectivity index (χ0n) is 14.6. The molecule has 8 nitrogen and oxygen atoms in total. The van der Waals surface area contributed by atoms with Crippen LogP contribution in [0.15, 0.2) is 41.1 Å². The smallest absolute Gasteiger partial charge is 0.231 e. The van der Waals surface area contributed by atoms with Crippen LogP contribution >= 0.6 is 0 Å². The number of aromatic nitrogens is 4. The first kappa shape index (κ1) is 16.1. The Bertz CT molecular complexity index is 1110. The fourth-order valence-electron chi connectivity index (χ4n) is 2.49. The van der Waals surface area contributed by atoms with E-state index in [1.54, 1.807) is 6.20 Å². The van der Waals surface area contributed by atoms with Crippen molar-refractivity contribution in [1.29, 1.82) is 0 Å². The number of carbonyl (C=O) groups excluding carboxylic acids is 1. The summed E-state index contributed by atoms with van der Waals surface area (Å²) in [7, 11) is 0. The number of H-pyrrole nitrogens is 1. The first-order valence-electron chi connectivity index (χ1n) is 8.19. The van der Waals surface area contributed by atoms with E-state index in [0.717, 1.165) is 22.3 Å². The summed E-state index contributed by atoms with van der Waals surface area (Å²) in [5.74, 6) is 1.04. The summed E-state index contributed by atoms with van der Waals surface area (Å²) < 4.78 is 5.37. The van der Waals surface area contributed by atoms with Crippen LogP contribution in [-0.4, -0.2) is 26.2 Å². The summed E-state index contributed by atoms with van der Waals surface area (Å²) >= 11 is 0. The lowest BCUT2D eigenvalue weighted by atomic mass is 9.96. The average Bonchev–Trinajstić information content (AvgIpc) is 3.19. The molecule has 0 aliphatic heterocycles. The highest BCUT2D eigenvalue weighted by Gasteiger charge is 2.23. The Morgan fingerprint density at radius 2 is 2.04 bits per heavy atom. The van der Waals surface area contributed by atoms with Crippen molar-refractivity contribution < 1.29 is 9.32 Å². The monoisotopic (exact) mass is 350 g/mol. The molecule has 3 N–H and O–H groups in total. The van der Waals surface area contributed by atoms with E-state index in [0.29, 0.717) is 17.0 Å². The molecule has 0 atom stereocenters. The molecule has 8 heteroatoms. The summed E-state index contributed by atoms with van der Waals surface area (Å²) in [6.45, 7) is 5.53. The summed E-state index contributed by atoms with van der Waals surface area (Å²) in [5.41, 5.74) is 1.50. The van der Waals surface area contributed by atoms with Crippen molar-refractivity contribution in [2.24, 2.45) is 5.41 Å². The number of nitrogens with one attached hydrogen (secondary N) is 3. The number of amides is 1. The number of hydrogen-bond acceptors (Lipinski definition) is 6. The molecule has 0 spiro atoms. The number of rotatable bonds is 3. The van der Waals surface area contributed by atoms with Crippen LogP contribution < -0.4 is 10.6 Å². The van der Waals surface area contributed by atoms with Gasteiger partial charge in [-0.1, -0.05) is 25.9 Å². The summed E-state index contributed by atoms with van der Waals surface area (Å²) in [4.78, 5) is 16.3. The largest absolute Gasteiger partial charge is 0.354 e. The molecule has 132 valence electrons. The van der Waals surface area contributed by atoms with Crippen LogP contribution in [0.5, 0.6) is 0 Å². The maximum atomic E-state index is 12.2. The molecule has 1 amide bonds. The predicted octanol–water partition coefficient (Wildman–Crippen LogP) is 3.83. The Morgan fingerprint density at radius 3 is 2.85 bits per heavy atom. The van der Waals surface area contributed by atoms with E-state index >= 15 is 0 Å². The highest BCUT2D eigenvalue weighted by atomic mass is 16.5. The molecule has 0 aliphatic carbocycles. The van der Waals surface area contributed by atoms with Crippen molar-refractivity contribution in [2.45, 2.75) is 20.8 Å². The number of pyridine rings is 1. The van der Waals surface area contributed by atoms with E-state index in [1.807, 2.05) is 51.1 Å². The standard InChI is InChI=1S/C18H18N6O2/c1-18(2,3)17(25)21-16-11-7-6-10(9-13(11)26-24-16)20-15-12-5-4-8-19-14(12)22-23-15/h4-9H,1-3H3,(H,21,24,25)(H2,19,20,22,23). The number of anilines is 3. The van der Waals surface area contributed by atoms with Gasteiger partial charge < -0.3 is 15.2 Å². The zero-order chi connectivity index (χ0) is 18.3. The van der Waals surface area contributed by atoms with Crippen LogP contribution in [0.3, 0.4) is 0 Å². The van der Waals surface area contributed by atoms with E-state index in [2.05, 4.69) is 31.0 Å². The SMILES string of the molecule is CC(C)(C)C(=O)Nc1noc2cc(Nc3[nH]nc4ncccc34)ccc12. The molecule has 3 aromatic heterocycles. The number of fused-ring (bicyclic) bond motifs is 2. The van der Waals surface area contributed by atoms with Gasteiger partial charge in [0.2, 0.25) is 5.91 Å². The van der Waals surface area contributed by atoms with Crippen LogP contribution in [0.25, 0.3) is 22.0 Å². The number of hydrogen-bond donors (Lipinski definition) is 3. The number of aromatic amines is 1. The van der Waals surface area contributed by atoms with E-state index in [4.69, 9.17) is 4.52 Å². The number of benzene rings is 1. The summed E-state index contributed by atoms with van der Waals surface area (Å²) in [6, 6.07) is 9.34. The van der Waals surface area contributed by atoms with E-state index in [-0.39, 0.29) is 5.91 Å². The zero-order valence-corrected chi connectivity index (χ0v) is 14.6. The van der Waals surface area contributed by atoms with Gasteiger partial charge in [0.1, 0.15) is 5.82 Å². The Labute approximate surface area is 149 Å². The fourth-order valence-corrected chi connectivity index (χ4v) is 2.49. The highest BCUT2D eigenvalue weighted by molar-refractivity contribution is 6.01. The van der Waals surface area contributed by atoms with Crippen molar-refractivity contribution in [3.8, 4) is 0 Å². The lowest BCUT2D eigenvalue weighted by Gasteiger charge is -2.16. The molecular formula is C18H18N6O2. The average molecular weight is 350 g/mol. The lowest BCUT2D eigenvalue weighted by molar-refractivity contribution is -0.123. The third-order valence-corrected chi connectivity index (χ3v) is 3.98. The van der Waals surface area contributed by atoms with E-state index in [9.17, 15) is 4.79 Å². The van der Waals surface area contributed by atoms with Gasteiger partial charge in [-0.05, 0) is 24.3 Å². The molecule has 1 aromatic carbocycles. The van der Waals surface area contributed by atoms with Gasteiger partial charge in [0.25, 0.3) is 0 Å². The predicted molar refractivity (Wildman–Crippen MR) is 99.3 cm³/mol. The van der Waals surface area contributed by atoms with Gasteiger partial charge in [0.05, 0.1) is 10.8 Å². The third-order valence-electron chi connectivity index (χ3n) is 3.98. The van der Waals surface area contributed by atoms with Crippen molar-refractivity contribution in [3.05, 3.63) is 36.5 Å². The van der Waals surface area contributed by atoms with Gasteiger partial charge in [0.15, 0.2) is 17.0 Å². The van der Waals surface area contributed by atoms with Crippen LogP contribution in [-0.2, 0) is 4.79 Å². The van der Waals surface area contributed by atoms with E-state index in [1.165, 1.54) is 0 Å². The molecule has 0 bridgehead atoms. The molecular weight excluding hydrogens is 332 g/mol. The Hall–Kier alpha value is -3.42. The second-order valence-electron chi connectivity index (χ2n) is 7.04. The maximum absolute atomic E-state index is 12.2. The third kappa shape index (κ3) is 2.85. The van der Waals surface area contributed by atoms with Gasteiger partial charge in [-0.3, -0.25) is 9.89 Å². The summed E-state index contributed by atoms with van der Waals surface area (Å²) in [6.07, 6.45) is 1.70. The Kier molecular flexibility index (Phi) is 3.61. The minimum absolute atomic E-state index is 0.119. The molecule has 0 radical (unpaired) electrons. The maximum Gasteiger partial charge on any atom is 0.231 e. The minimum Gasteiger partial charge on any atom is -0.354 e. The molecule has 4 aromatic rings. The molecule has 3 heterocycles. The van der Waals surface area contributed by atoms with Crippen LogP contribution in [0.2, 0.25) is 0 Å². The second kappa shape index (κ2) is 5.83. The van der Waals surface area contributed by atoms with Crippen molar-refractivity contribution in [1.82, 2.24) is 20.3 Å². The molecule has 4 rings (SSSR count).